The van der Waals surface area contributed by atoms with Crippen molar-refractivity contribution in [3.8, 4) is 17.2 Å². The molecule has 1 unspecified atom stereocenters. The van der Waals surface area contributed by atoms with Crippen molar-refractivity contribution in [3.63, 3.8) is 0 Å². The molecule has 0 bridgehead atoms. The van der Waals surface area contributed by atoms with E-state index in [0.717, 1.165) is 17.7 Å². The van der Waals surface area contributed by atoms with Crippen molar-refractivity contribution in [2.75, 3.05) is 19.0 Å². The van der Waals surface area contributed by atoms with Crippen LogP contribution in [0.1, 0.15) is 36.8 Å². The molecule has 0 saturated carbocycles. The second-order valence-electron chi connectivity index (χ2n) is 7.67. The van der Waals surface area contributed by atoms with Gasteiger partial charge >= 0.3 is 6.01 Å². The molecule has 1 saturated heterocycles. The quantitative estimate of drug-likeness (QED) is 0.620. The Morgan fingerprint density at radius 3 is 2.45 bits per heavy atom. The third-order valence-corrected chi connectivity index (χ3v) is 5.37. The number of methoxy groups -OCH3 is 1. The van der Waals surface area contributed by atoms with Crippen molar-refractivity contribution in [1.29, 1.82) is 0 Å². The number of carbonyl (C=O) groups is 1. The molecule has 0 spiro atoms. The fourth-order valence-electron chi connectivity index (χ4n) is 3.63. The zero-order valence-corrected chi connectivity index (χ0v) is 17.3. The molecule has 1 fully saturated rings. The van der Waals surface area contributed by atoms with Crippen molar-refractivity contribution in [1.82, 2.24) is 15.5 Å². The Labute approximate surface area is 177 Å². The molecule has 1 amide bonds. The van der Waals surface area contributed by atoms with Gasteiger partial charge in [0.25, 0.3) is 0 Å². The number of benzene rings is 2. The predicted molar refractivity (Wildman–Crippen MR) is 110 cm³/mol. The lowest BCUT2D eigenvalue weighted by molar-refractivity contribution is -0.119. The largest absolute Gasteiger partial charge is 0.497 e. The molecule has 3 aromatic rings. The van der Waals surface area contributed by atoms with Crippen LogP contribution < -0.4 is 15.4 Å². The molecule has 1 aliphatic rings. The smallest absolute Gasteiger partial charge is 0.316 e. The second-order valence-corrected chi connectivity index (χ2v) is 7.67. The highest BCUT2D eigenvalue weighted by atomic mass is 19.1. The van der Waals surface area contributed by atoms with Crippen LogP contribution in [-0.2, 0) is 4.79 Å². The number of hydrogen-bond acceptors (Lipinski definition) is 6. The van der Waals surface area contributed by atoms with Crippen molar-refractivity contribution in [2.45, 2.75) is 31.7 Å². The zero-order chi connectivity index (χ0) is 22.1. The SMILES string of the molecule is COc1cc(F)c(C2CNC(=O)[C@@H]2Nc2nnc(-c3ccc(C(C)C)cc3)o2)c(F)c1. The first-order valence-electron chi connectivity index (χ1n) is 9.88. The van der Waals surface area contributed by atoms with E-state index in [1.165, 1.54) is 12.7 Å². The fourth-order valence-corrected chi connectivity index (χ4v) is 3.63. The number of nitrogens with zero attached hydrogens (tertiary/aromatic N) is 2. The summed E-state index contributed by atoms with van der Waals surface area (Å²) < 4.78 is 39.7. The number of aromatic nitrogens is 2. The van der Waals surface area contributed by atoms with Gasteiger partial charge in [0, 0.05) is 35.7 Å². The Balaban J connectivity index is 1.57. The van der Waals surface area contributed by atoms with Gasteiger partial charge in [-0.3, -0.25) is 4.79 Å². The standard InChI is InChI=1S/C22H22F2N4O3/c1-11(2)12-4-6-13(7-5-12)21-27-28-22(31-21)26-19-15(10-25-20(19)29)18-16(23)8-14(30-3)9-17(18)24/h4-9,11,15,19H,10H2,1-3H3,(H,25,29)(H,26,28)/t15?,19-/m1/s1. The van der Waals surface area contributed by atoms with Gasteiger partial charge in [-0.25, -0.2) is 8.78 Å². The van der Waals surface area contributed by atoms with E-state index < -0.39 is 29.5 Å². The van der Waals surface area contributed by atoms with Crippen LogP contribution >= 0.6 is 0 Å². The van der Waals surface area contributed by atoms with Gasteiger partial charge in [0.1, 0.15) is 23.4 Å². The first-order chi connectivity index (χ1) is 14.9. The van der Waals surface area contributed by atoms with Crippen LogP contribution in [-0.4, -0.2) is 35.8 Å². The predicted octanol–water partition coefficient (Wildman–Crippen LogP) is 3.84. The molecule has 2 heterocycles. The van der Waals surface area contributed by atoms with E-state index in [2.05, 4.69) is 34.7 Å². The Bertz CT molecular complexity index is 1080. The number of hydrogen-bond donors (Lipinski definition) is 2. The Hall–Kier alpha value is -3.49. The van der Waals surface area contributed by atoms with Crippen molar-refractivity contribution < 1.29 is 22.7 Å². The maximum atomic E-state index is 14.6. The van der Waals surface area contributed by atoms with Crippen molar-refractivity contribution in [2.24, 2.45) is 0 Å². The van der Waals surface area contributed by atoms with E-state index in [4.69, 9.17) is 9.15 Å². The lowest BCUT2D eigenvalue weighted by Crippen LogP contribution is -2.33. The highest BCUT2D eigenvalue weighted by Crippen LogP contribution is 2.33. The summed E-state index contributed by atoms with van der Waals surface area (Å²) in [6, 6.07) is 8.89. The van der Waals surface area contributed by atoms with Gasteiger partial charge in [-0.15, -0.1) is 5.10 Å². The number of nitrogens with one attached hydrogen (secondary N) is 2. The van der Waals surface area contributed by atoms with Crippen molar-refractivity contribution >= 4 is 11.9 Å². The molecule has 0 radical (unpaired) electrons. The number of rotatable bonds is 6. The Kier molecular flexibility index (Phi) is 5.58. The van der Waals surface area contributed by atoms with Crippen molar-refractivity contribution in [3.05, 3.63) is 59.2 Å². The molecular formula is C22H22F2N4O3. The minimum Gasteiger partial charge on any atom is -0.497 e. The maximum Gasteiger partial charge on any atom is 0.316 e. The molecule has 4 rings (SSSR count). The first kappa shape index (κ1) is 20.8. The van der Waals surface area contributed by atoms with E-state index in [-0.39, 0.29) is 29.8 Å². The van der Waals surface area contributed by atoms with Crippen LogP contribution in [0.15, 0.2) is 40.8 Å². The van der Waals surface area contributed by atoms with Crippen LogP contribution in [0.4, 0.5) is 14.8 Å². The van der Waals surface area contributed by atoms with Gasteiger partial charge < -0.3 is 19.8 Å². The number of carbonyl (C=O) groups excluding carboxylic acids is 1. The number of anilines is 1. The monoisotopic (exact) mass is 428 g/mol. The van der Waals surface area contributed by atoms with Gasteiger partial charge in [0.15, 0.2) is 0 Å². The van der Waals surface area contributed by atoms with E-state index in [1.54, 1.807) is 0 Å². The summed E-state index contributed by atoms with van der Waals surface area (Å²) in [6.45, 7) is 4.26. The summed E-state index contributed by atoms with van der Waals surface area (Å²) in [5.41, 5.74) is 1.70. The summed E-state index contributed by atoms with van der Waals surface area (Å²) in [4.78, 5) is 12.4. The molecule has 2 N–H and O–H groups in total. The molecule has 1 aliphatic heterocycles. The molecule has 2 aromatic carbocycles. The first-order valence-corrected chi connectivity index (χ1v) is 9.88. The normalized spacial score (nSPS) is 18.3. The average Bonchev–Trinajstić information content (AvgIpc) is 3.36. The van der Waals surface area contributed by atoms with E-state index >= 15 is 0 Å². The second kappa shape index (κ2) is 8.33. The molecule has 31 heavy (non-hydrogen) atoms. The van der Waals surface area contributed by atoms with Gasteiger partial charge in [-0.2, -0.15) is 0 Å². The molecule has 1 aromatic heterocycles. The molecule has 0 aliphatic carbocycles. The van der Waals surface area contributed by atoms with Gasteiger partial charge in [0.05, 0.1) is 7.11 Å². The van der Waals surface area contributed by atoms with Gasteiger partial charge in [0.2, 0.25) is 11.8 Å². The van der Waals surface area contributed by atoms with Gasteiger partial charge in [-0.05, 0) is 23.6 Å². The summed E-state index contributed by atoms with van der Waals surface area (Å²) >= 11 is 0. The van der Waals surface area contributed by atoms with Gasteiger partial charge in [-0.1, -0.05) is 31.1 Å². The molecular weight excluding hydrogens is 406 g/mol. The topological polar surface area (TPSA) is 89.3 Å². The summed E-state index contributed by atoms with van der Waals surface area (Å²) in [5, 5.41) is 13.4. The maximum absolute atomic E-state index is 14.6. The third kappa shape index (κ3) is 4.08. The van der Waals surface area contributed by atoms with E-state index in [0.29, 0.717) is 5.92 Å². The number of amides is 1. The highest BCUT2D eigenvalue weighted by molar-refractivity contribution is 5.88. The van der Waals surface area contributed by atoms with E-state index in [1.807, 2.05) is 24.3 Å². The van der Waals surface area contributed by atoms with Crippen LogP contribution in [0, 0.1) is 11.6 Å². The minimum absolute atomic E-state index is 0.00989. The lowest BCUT2D eigenvalue weighted by Gasteiger charge is -2.19. The minimum atomic E-state index is -0.978. The highest BCUT2D eigenvalue weighted by Gasteiger charge is 2.40. The Morgan fingerprint density at radius 2 is 1.84 bits per heavy atom. The zero-order valence-electron chi connectivity index (χ0n) is 17.3. The van der Waals surface area contributed by atoms with E-state index in [9.17, 15) is 13.6 Å². The lowest BCUT2D eigenvalue weighted by atomic mass is 9.93. The molecule has 162 valence electrons. The molecule has 9 heteroatoms. The number of halogens is 2. The average molecular weight is 428 g/mol. The molecule has 7 nitrogen and oxygen atoms in total. The van der Waals surface area contributed by atoms with Crippen LogP contribution in [0.5, 0.6) is 5.75 Å². The summed E-state index contributed by atoms with van der Waals surface area (Å²) in [6.07, 6.45) is 0. The van der Waals surface area contributed by atoms with Crippen LogP contribution in [0.25, 0.3) is 11.5 Å². The van der Waals surface area contributed by atoms with Crippen LogP contribution in [0.3, 0.4) is 0 Å². The third-order valence-electron chi connectivity index (χ3n) is 5.37. The summed E-state index contributed by atoms with van der Waals surface area (Å²) in [5.74, 6) is -2.08. The van der Waals surface area contributed by atoms with Crippen LogP contribution in [0.2, 0.25) is 0 Å². The number of ether oxygens (including phenoxy) is 1. The molecule has 2 atom stereocenters. The Morgan fingerprint density at radius 1 is 1.16 bits per heavy atom. The summed E-state index contributed by atoms with van der Waals surface area (Å²) in [7, 11) is 1.32. The fraction of sp³-hybridized carbons (Fsp3) is 0.318.